The molecule has 0 amide bonds. The van der Waals surface area contributed by atoms with Crippen molar-refractivity contribution in [2.75, 3.05) is 13.1 Å². The molecule has 110 valence electrons. The maximum absolute atomic E-state index is 12.2. The Hall–Kier alpha value is -0.840. The van der Waals surface area contributed by atoms with E-state index in [1.54, 1.807) is 0 Å². The van der Waals surface area contributed by atoms with Gasteiger partial charge in [-0.1, -0.05) is 11.6 Å². The monoisotopic (exact) mass is 335 g/mol. The maximum Gasteiger partial charge on any atom is 0.240 e. The third-order valence-electron chi connectivity index (χ3n) is 2.99. The summed E-state index contributed by atoms with van der Waals surface area (Å²) in [5.74, 6) is 0. The lowest BCUT2D eigenvalue weighted by Crippen LogP contribution is -2.45. The number of hydrogen-bond acceptors (Lipinski definition) is 4. The minimum Gasteiger partial charge on any atom is -0.315 e. The Kier molecular flexibility index (Phi) is 6.24. The Bertz CT molecular complexity index is 608. The molecule has 20 heavy (non-hydrogen) atoms. The summed E-state index contributed by atoms with van der Waals surface area (Å²) in [5.41, 5.74) is 0.264. The highest BCUT2D eigenvalue weighted by molar-refractivity contribution is 7.89. The number of hydrogen-bond donors (Lipinski definition) is 2. The van der Waals surface area contributed by atoms with Gasteiger partial charge < -0.3 is 5.32 Å². The molecular formula is C12H15Cl2N3O2S. The second kappa shape index (κ2) is 7.25. The first-order valence-electron chi connectivity index (χ1n) is 5.95. The van der Waals surface area contributed by atoms with E-state index < -0.39 is 10.0 Å². The summed E-state index contributed by atoms with van der Waals surface area (Å²) < 4.78 is 27.0. The number of nitrogens with one attached hydrogen (secondary N) is 2. The van der Waals surface area contributed by atoms with E-state index in [0.717, 1.165) is 19.4 Å². The first-order valence-corrected chi connectivity index (χ1v) is 7.82. The SMILES string of the molecule is Cl.N#Cc1ccc(S(=O)(=O)N[C@H]2CCCNC2)cc1Cl. The standard InChI is InChI=1S/C12H14ClN3O2S.ClH/c13-12-6-11(4-3-9(12)7-14)19(17,18)16-10-2-1-5-15-8-10;/h3-4,6,10,15-16H,1-2,5,8H2;1H/t10-;/m0./s1. The highest BCUT2D eigenvalue weighted by Gasteiger charge is 2.22. The van der Waals surface area contributed by atoms with Crippen LogP contribution in [0, 0.1) is 11.3 Å². The number of piperidine rings is 1. The van der Waals surface area contributed by atoms with Crippen LogP contribution in [0.1, 0.15) is 18.4 Å². The van der Waals surface area contributed by atoms with Crippen molar-refractivity contribution < 1.29 is 8.42 Å². The smallest absolute Gasteiger partial charge is 0.240 e. The van der Waals surface area contributed by atoms with E-state index in [9.17, 15) is 8.42 Å². The third-order valence-corrected chi connectivity index (χ3v) is 4.82. The van der Waals surface area contributed by atoms with Gasteiger partial charge in [-0.25, -0.2) is 13.1 Å². The minimum atomic E-state index is -3.59. The molecule has 1 atom stereocenters. The minimum absolute atomic E-state index is 0. The van der Waals surface area contributed by atoms with Gasteiger partial charge in [0, 0.05) is 12.6 Å². The van der Waals surface area contributed by atoms with Crippen LogP contribution in [-0.2, 0) is 10.0 Å². The van der Waals surface area contributed by atoms with Gasteiger partial charge in [0.15, 0.2) is 0 Å². The molecule has 0 saturated carbocycles. The zero-order chi connectivity index (χ0) is 13.9. The molecule has 0 radical (unpaired) electrons. The van der Waals surface area contributed by atoms with Gasteiger partial charge in [0.25, 0.3) is 0 Å². The van der Waals surface area contributed by atoms with Gasteiger partial charge in [-0.15, -0.1) is 12.4 Å². The van der Waals surface area contributed by atoms with Crippen LogP contribution in [0.4, 0.5) is 0 Å². The van der Waals surface area contributed by atoms with Gasteiger partial charge in [-0.05, 0) is 37.6 Å². The molecule has 1 aliphatic heterocycles. The summed E-state index contributed by atoms with van der Waals surface area (Å²) in [4.78, 5) is 0.0853. The second-order valence-corrected chi connectivity index (χ2v) is 6.54. The molecule has 1 heterocycles. The van der Waals surface area contributed by atoms with E-state index in [1.807, 2.05) is 6.07 Å². The number of rotatable bonds is 3. The largest absolute Gasteiger partial charge is 0.315 e. The van der Waals surface area contributed by atoms with Crippen molar-refractivity contribution in [3.05, 3.63) is 28.8 Å². The van der Waals surface area contributed by atoms with Crippen molar-refractivity contribution in [1.82, 2.24) is 10.0 Å². The van der Waals surface area contributed by atoms with Gasteiger partial charge in [0.2, 0.25) is 10.0 Å². The van der Waals surface area contributed by atoms with Gasteiger partial charge in [0.05, 0.1) is 15.5 Å². The Balaban J connectivity index is 0.00000200. The van der Waals surface area contributed by atoms with Crippen molar-refractivity contribution in [1.29, 1.82) is 5.26 Å². The predicted octanol–water partition coefficient (Wildman–Crippen LogP) is 1.66. The summed E-state index contributed by atoms with van der Waals surface area (Å²) in [6, 6.07) is 5.90. The molecule has 2 rings (SSSR count). The molecule has 1 aromatic rings. The van der Waals surface area contributed by atoms with Crippen LogP contribution < -0.4 is 10.0 Å². The van der Waals surface area contributed by atoms with Gasteiger partial charge in [-0.2, -0.15) is 5.26 Å². The van der Waals surface area contributed by atoms with Gasteiger partial charge >= 0.3 is 0 Å². The quantitative estimate of drug-likeness (QED) is 0.880. The number of benzene rings is 1. The van der Waals surface area contributed by atoms with Crippen molar-refractivity contribution in [3.8, 4) is 6.07 Å². The number of nitrogens with zero attached hydrogens (tertiary/aromatic N) is 1. The van der Waals surface area contributed by atoms with E-state index in [1.165, 1.54) is 18.2 Å². The van der Waals surface area contributed by atoms with Crippen molar-refractivity contribution >= 4 is 34.0 Å². The first kappa shape index (κ1) is 17.2. The Morgan fingerprint density at radius 1 is 1.45 bits per heavy atom. The molecule has 0 bridgehead atoms. The van der Waals surface area contributed by atoms with Crippen molar-refractivity contribution in [3.63, 3.8) is 0 Å². The van der Waals surface area contributed by atoms with Crippen LogP contribution in [0.2, 0.25) is 5.02 Å². The van der Waals surface area contributed by atoms with E-state index in [2.05, 4.69) is 10.0 Å². The summed E-state index contributed by atoms with van der Waals surface area (Å²) in [5, 5.41) is 12.1. The van der Waals surface area contributed by atoms with E-state index >= 15 is 0 Å². The Labute approximate surface area is 129 Å². The lowest BCUT2D eigenvalue weighted by atomic mass is 10.1. The second-order valence-electron chi connectivity index (χ2n) is 4.42. The number of nitriles is 1. The normalized spacial score (nSPS) is 18.9. The number of sulfonamides is 1. The van der Waals surface area contributed by atoms with Crippen LogP contribution in [0.25, 0.3) is 0 Å². The average molecular weight is 336 g/mol. The summed E-state index contributed by atoms with van der Waals surface area (Å²) in [7, 11) is -3.59. The molecule has 8 heteroatoms. The lowest BCUT2D eigenvalue weighted by molar-refractivity contribution is 0.428. The molecule has 5 nitrogen and oxygen atoms in total. The molecule has 0 aliphatic carbocycles. The Morgan fingerprint density at radius 3 is 2.75 bits per heavy atom. The molecule has 2 N–H and O–H groups in total. The fraction of sp³-hybridized carbons (Fsp3) is 0.417. The van der Waals surface area contributed by atoms with E-state index in [4.69, 9.17) is 16.9 Å². The Morgan fingerprint density at radius 2 is 2.20 bits per heavy atom. The molecule has 0 aromatic heterocycles. The highest BCUT2D eigenvalue weighted by Crippen LogP contribution is 2.20. The average Bonchev–Trinajstić information content (AvgIpc) is 2.39. The fourth-order valence-corrected chi connectivity index (χ4v) is 3.58. The molecule has 0 unspecified atom stereocenters. The molecule has 1 saturated heterocycles. The number of halogens is 2. The zero-order valence-corrected chi connectivity index (χ0v) is 13.0. The zero-order valence-electron chi connectivity index (χ0n) is 10.6. The first-order chi connectivity index (χ1) is 9.03. The van der Waals surface area contributed by atoms with Gasteiger partial charge in [-0.3, -0.25) is 0 Å². The van der Waals surface area contributed by atoms with E-state index in [-0.39, 0.29) is 33.9 Å². The van der Waals surface area contributed by atoms with E-state index in [0.29, 0.717) is 6.54 Å². The van der Waals surface area contributed by atoms with Crippen molar-refractivity contribution in [2.24, 2.45) is 0 Å². The van der Waals surface area contributed by atoms with Crippen molar-refractivity contribution in [2.45, 2.75) is 23.8 Å². The van der Waals surface area contributed by atoms with Crippen LogP contribution in [0.3, 0.4) is 0 Å². The molecule has 1 aliphatic rings. The lowest BCUT2D eigenvalue weighted by Gasteiger charge is -2.23. The molecule has 1 aromatic carbocycles. The summed E-state index contributed by atoms with van der Waals surface area (Å²) in [6.45, 7) is 1.55. The molecule has 0 spiro atoms. The summed E-state index contributed by atoms with van der Waals surface area (Å²) >= 11 is 5.85. The fourth-order valence-electron chi connectivity index (χ4n) is 1.99. The molecular weight excluding hydrogens is 321 g/mol. The van der Waals surface area contributed by atoms with Crippen LogP contribution in [-0.4, -0.2) is 27.5 Å². The third kappa shape index (κ3) is 4.08. The maximum atomic E-state index is 12.2. The topological polar surface area (TPSA) is 82.0 Å². The van der Waals surface area contributed by atoms with Crippen LogP contribution >= 0.6 is 24.0 Å². The highest BCUT2D eigenvalue weighted by atomic mass is 35.5. The van der Waals surface area contributed by atoms with Gasteiger partial charge in [0.1, 0.15) is 6.07 Å². The summed E-state index contributed by atoms with van der Waals surface area (Å²) in [6.07, 6.45) is 1.76. The predicted molar refractivity (Wildman–Crippen MR) is 79.6 cm³/mol. The van der Waals surface area contributed by atoms with Crippen LogP contribution in [0.5, 0.6) is 0 Å². The molecule has 1 fully saturated rings. The van der Waals surface area contributed by atoms with Crippen LogP contribution in [0.15, 0.2) is 23.1 Å².